The number of amides is 1. The molecule has 21 heavy (non-hydrogen) atoms. The van der Waals surface area contributed by atoms with Gasteiger partial charge in [-0.2, -0.15) is 9.57 Å². The van der Waals surface area contributed by atoms with Gasteiger partial charge in [-0.15, -0.1) is 0 Å². The van der Waals surface area contributed by atoms with Crippen LogP contribution in [0.1, 0.15) is 19.3 Å². The Morgan fingerprint density at radius 3 is 2.67 bits per heavy atom. The standard InChI is InChI=1S/C13H20N4O3S/c1-15-8-9-16(7-5-14)13(12(15)18)4-6-17(10-13)21(19,20)11-2-3-11/h11H,2-4,6-10H2,1H3/t13-/m1/s1. The van der Waals surface area contributed by atoms with Crippen molar-refractivity contribution in [2.75, 3.05) is 39.8 Å². The number of nitrogens with zero attached hydrogens (tertiary/aromatic N) is 4. The second-order valence-electron chi connectivity index (χ2n) is 6.17. The summed E-state index contributed by atoms with van der Waals surface area (Å²) < 4.78 is 26.2. The maximum Gasteiger partial charge on any atom is 0.244 e. The minimum atomic E-state index is -3.27. The van der Waals surface area contributed by atoms with E-state index in [9.17, 15) is 13.2 Å². The van der Waals surface area contributed by atoms with Crippen molar-refractivity contribution >= 4 is 15.9 Å². The second kappa shape index (κ2) is 4.93. The van der Waals surface area contributed by atoms with Crippen LogP contribution in [-0.4, -0.2) is 79.0 Å². The minimum absolute atomic E-state index is 0.0579. The van der Waals surface area contributed by atoms with Crippen molar-refractivity contribution in [3.63, 3.8) is 0 Å². The van der Waals surface area contributed by atoms with Crippen LogP contribution in [0.2, 0.25) is 0 Å². The number of hydrogen-bond acceptors (Lipinski definition) is 5. The highest BCUT2D eigenvalue weighted by Gasteiger charge is 2.56. The molecule has 0 aromatic rings. The molecular weight excluding hydrogens is 292 g/mol. The number of carbonyl (C=O) groups excluding carboxylic acids is 1. The lowest BCUT2D eigenvalue weighted by atomic mass is 9.92. The summed E-state index contributed by atoms with van der Waals surface area (Å²) in [5.74, 6) is -0.0579. The normalized spacial score (nSPS) is 31.8. The van der Waals surface area contributed by atoms with Gasteiger partial charge in [0, 0.05) is 33.2 Å². The van der Waals surface area contributed by atoms with E-state index in [1.165, 1.54) is 4.31 Å². The Morgan fingerprint density at radius 2 is 2.05 bits per heavy atom. The van der Waals surface area contributed by atoms with Gasteiger partial charge in [0.15, 0.2) is 0 Å². The maximum atomic E-state index is 12.6. The molecule has 8 heteroatoms. The molecule has 1 amide bonds. The summed E-state index contributed by atoms with van der Waals surface area (Å²) in [5.41, 5.74) is -0.843. The van der Waals surface area contributed by atoms with Gasteiger partial charge >= 0.3 is 0 Å². The van der Waals surface area contributed by atoms with Crippen molar-refractivity contribution in [2.45, 2.75) is 30.1 Å². The molecule has 0 unspecified atom stereocenters. The second-order valence-corrected chi connectivity index (χ2v) is 8.38. The van der Waals surface area contributed by atoms with Crippen molar-refractivity contribution < 1.29 is 13.2 Å². The van der Waals surface area contributed by atoms with E-state index in [4.69, 9.17) is 5.26 Å². The van der Waals surface area contributed by atoms with Crippen molar-refractivity contribution in [2.24, 2.45) is 0 Å². The molecule has 1 aliphatic carbocycles. The van der Waals surface area contributed by atoms with E-state index < -0.39 is 15.6 Å². The molecule has 1 spiro atoms. The Bertz CT molecular complexity index is 595. The maximum absolute atomic E-state index is 12.6. The summed E-state index contributed by atoms with van der Waals surface area (Å²) in [5, 5.41) is 8.73. The van der Waals surface area contributed by atoms with Gasteiger partial charge in [0.05, 0.1) is 17.9 Å². The Kier molecular flexibility index (Phi) is 3.47. The monoisotopic (exact) mass is 312 g/mol. The number of hydrogen-bond donors (Lipinski definition) is 0. The summed E-state index contributed by atoms with van der Waals surface area (Å²) in [6, 6.07) is 2.10. The summed E-state index contributed by atoms with van der Waals surface area (Å²) >= 11 is 0. The van der Waals surface area contributed by atoms with Gasteiger partial charge in [0.2, 0.25) is 15.9 Å². The summed E-state index contributed by atoms with van der Waals surface area (Å²) in [6.45, 7) is 1.93. The highest BCUT2D eigenvalue weighted by Crippen LogP contribution is 2.38. The third-order valence-electron chi connectivity index (χ3n) is 4.84. The first kappa shape index (κ1) is 14.8. The molecule has 2 saturated heterocycles. The zero-order chi connectivity index (χ0) is 15.3. The van der Waals surface area contributed by atoms with E-state index in [1.54, 1.807) is 11.9 Å². The molecule has 0 aromatic heterocycles. The highest BCUT2D eigenvalue weighted by molar-refractivity contribution is 7.90. The van der Waals surface area contributed by atoms with Gasteiger partial charge < -0.3 is 4.90 Å². The van der Waals surface area contributed by atoms with Crippen LogP contribution in [0, 0.1) is 11.3 Å². The van der Waals surface area contributed by atoms with Crippen LogP contribution in [-0.2, 0) is 14.8 Å². The molecule has 0 N–H and O–H groups in total. The van der Waals surface area contributed by atoms with Gasteiger partial charge in [-0.25, -0.2) is 8.42 Å². The third-order valence-corrected chi connectivity index (χ3v) is 7.18. The van der Waals surface area contributed by atoms with E-state index in [0.717, 1.165) is 12.8 Å². The average molecular weight is 312 g/mol. The smallest absolute Gasteiger partial charge is 0.244 e. The quantitative estimate of drug-likeness (QED) is 0.638. The number of carbonyl (C=O) groups is 1. The van der Waals surface area contributed by atoms with Crippen molar-refractivity contribution in [1.29, 1.82) is 5.26 Å². The zero-order valence-corrected chi connectivity index (χ0v) is 13.0. The Morgan fingerprint density at radius 1 is 1.33 bits per heavy atom. The fourth-order valence-electron chi connectivity index (χ4n) is 3.38. The number of sulfonamides is 1. The van der Waals surface area contributed by atoms with Gasteiger partial charge in [0.25, 0.3) is 0 Å². The molecular formula is C13H20N4O3S. The SMILES string of the molecule is CN1CCN(CC#N)[C@@]2(CCN(S(=O)(=O)C3CC3)C2)C1=O. The molecule has 0 radical (unpaired) electrons. The van der Waals surface area contributed by atoms with Crippen LogP contribution in [0.3, 0.4) is 0 Å². The molecule has 0 aromatic carbocycles. The van der Waals surface area contributed by atoms with Crippen LogP contribution in [0.5, 0.6) is 0 Å². The van der Waals surface area contributed by atoms with Crippen molar-refractivity contribution in [1.82, 2.24) is 14.1 Å². The summed E-state index contributed by atoms with van der Waals surface area (Å²) in [6.07, 6.45) is 1.92. The molecule has 0 bridgehead atoms. The molecule has 1 saturated carbocycles. The molecule has 7 nitrogen and oxygen atoms in total. The van der Waals surface area contributed by atoms with Gasteiger partial charge in [-0.3, -0.25) is 9.69 Å². The number of rotatable bonds is 3. The molecule has 116 valence electrons. The van der Waals surface area contributed by atoms with Crippen LogP contribution in [0.4, 0.5) is 0 Å². The number of likely N-dealkylation sites (N-methyl/N-ethyl adjacent to an activating group) is 1. The lowest BCUT2D eigenvalue weighted by Gasteiger charge is -2.45. The summed E-state index contributed by atoms with van der Waals surface area (Å²) in [7, 11) is -1.53. The predicted molar refractivity (Wildman–Crippen MR) is 75.7 cm³/mol. The fraction of sp³-hybridized carbons (Fsp3) is 0.846. The number of nitriles is 1. The molecule has 3 fully saturated rings. The van der Waals surface area contributed by atoms with Gasteiger partial charge in [-0.1, -0.05) is 0 Å². The van der Waals surface area contributed by atoms with Gasteiger partial charge in [-0.05, 0) is 19.3 Å². The fourth-order valence-corrected chi connectivity index (χ4v) is 5.27. The Balaban J connectivity index is 1.88. The van der Waals surface area contributed by atoms with Crippen LogP contribution in [0.15, 0.2) is 0 Å². The lowest BCUT2D eigenvalue weighted by Crippen LogP contribution is -2.66. The zero-order valence-electron chi connectivity index (χ0n) is 12.2. The third kappa shape index (κ3) is 2.24. The highest BCUT2D eigenvalue weighted by atomic mass is 32.2. The van der Waals surface area contributed by atoms with E-state index >= 15 is 0 Å². The van der Waals surface area contributed by atoms with E-state index in [0.29, 0.717) is 26.1 Å². The van der Waals surface area contributed by atoms with Gasteiger partial charge in [0.1, 0.15) is 5.54 Å². The van der Waals surface area contributed by atoms with E-state index in [1.807, 2.05) is 4.90 Å². The van der Waals surface area contributed by atoms with E-state index in [2.05, 4.69) is 6.07 Å². The lowest BCUT2D eigenvalue weighted by molar-refractivity contribution is -0.147. The van der Waals surface area contributed by atoms with Crippen molar-refractivity contribution in [3.05, 3.63) is 0 Å². The molecule has 3 rings (SSSR count). The largest absolute Gasteiger partial charge is 0.343 e. The average Bonchev–Trinajstić information content (AvgIpc) is 3.21. The van der Waals surface area contributed by atoms with E-state index in [-0.39, 0.29) is 24.2 Å². The topological polar surface area (TPSA) is 84.7 Å². The molecule has 2 heterocycles. The molecule has 3 aliphatic rings. The molecule has 1 atom stereocenters. The van der Waals surface area contributed by atoms with Crippen LogP contribution < -0.4 is 0 Å². The molecule has 2 aliphatic heterocycles. The first-order valence-corrected chi connectivity index (χ1v) is 8.79. The Hall–Kier alpha value is -1.17. The minimum Gasteiger partial charge on any atom is -0.343 e. The predicted octanol–water partition coefficient (Wildman–Crippen LogP) is -0.779. The first-order valence-electron chi connectivity index (χ1n) is 7.28. The first-order chi connectivity index (χ1) is 9.91. The van der Waals surface area contributed by atoms with Crippen LogP contribution in [0.25, 0.3) is 0 Å². The number of piperazine rings is 1. The Labute approximate surface area is 125 Å². The van der Waals surface area contributed by atoms with Crippen LogP contribution >= 0.6 is 0 Å². The van der Waals surface area contributed by atoms with Crippen molar-refractivity contribution in [3.8, 4) is 6.07 Å². The summed E-state index contributed by atoms with van der Waals surface area (Å²) in [4.78, 5) is 16.2.